The van der Waals surface area contributed by atoms with E-state index in [1.807, 2.05) is 0 Å². The highest BCUT2D eigenvalue weighted by molar-refractivity contribution is 5.94. The average molecular weight is 267 g/mol. The Bertz CT molecular complexity index is 494. The van der Waals surface area contributed by atoms with Crippen molar-refractivity contribution in [2.75, 3.05) is 6.61 Å². The van der Waals surface area contributed by atoms with Crippen LogP contribution < -0.4 is 0 Å². The van der Waals surface area contributed by atoms with Gasteiger partial charge in [-0.2, -0.15) is 0 Å². The fourth-order valence-electron chi connectivity index (χ4n) is 1.29. The standard InChI is InChI=1S/C12H17N3O4/c1-6-18-10(16)8-7(2)9(14-15-13-8)11(17)19-12(3,4)5/h6H2,1-5H3. The van der Waals surface area contributed by atoms with Crippen LogP contribution in [0.1, 0.15) is 54.2 Å². The summed E-state index contributed by atoms with van der Waals surface area (Å²) in [6.07, 6.45) is 0. The Kier molecular flexibility index (Phi) is 4.52. The maximum atomic E-state index is 11.9. The highest BCUT2D eigenvalue weighted by atomic mass is 16.6. The number of hydrogen-bond acceptors (Lipinski definition) is 7. The number of nitrogens with zero attached hydrogens (tertiary/aromatic N) is 3. The molecule has 0 aliphatic rings. The minimum Gasteiger partial charge on any atom is -0.461 e. The van der Waals surface area contributed by atoms with E-state index in [9.17, 15) is 9.59 Å². The van der Waals surface area contributed by atoms with Gasteiger partial charge in [0, 0.05) is 5.56 Å². The zero-order valence-corrected chi connectivity index (χ0v) is 11.7. The van der Waals surface area contributed by atoms with Gasteiger partial charge in [-0.25, -0.2) is 9.59 Å². The number of carbonyl (C=O) groups is 2. The SMILES string of the molecule is CCOC(=O)c1nnnc(C(=O)OC(C)(C)C)c1C. The molecule has 0 N–H and O–H groups in total. The quantitative estimate of drug-likeness (QED) is 0.762. The normalized spacial score (nSPS) is 11.0. The highest BCUT2D eigenvalue weighted by Crippen LogP contribution is 2.14. The lowest BCUT2D eigenvalue weighted by Gasteiger charge is -2.19. The zero-order valence-electron chi connectivity index (χ0n) is 11.7. The van der Waals surface area contributed by atoms with Crippen LogP contribution in [-0.2, 0) is 9.47 Å². The molecule has 0 amide bonds. The van der Waals surface area contributed by atoms with E-state index in [1.54, 1.807) is 34.6 Å². The Labute approximate surface area is 111 Å². The van der Waals surface area contributed by atoms with E-state index in [-0.39, 0.29) is 18.0 Å². The van der Waals surface area contributed by atoms with E-state index in [0.29, 0.717) is 5.56 Å². The van der Waals surface area contributed by atoms with Gasteiger partial charge >= 0.3 is 11.9 Å². The van der Waals surface area contributed by atoms with Crippen LogP contribution in [0.2, 0.25) is 0 Å². The topological polar surface area (TPSA) is 91.3 Å². The van der Waals surface area contributed by atoms with Gasteiger partial charge in [0.15, 0.2) is 11.4 Å². The number of esters is 2. The molecule has 0 unspecified atom stereocenters. The van der Waals surface area contributed by atoms with Gasteiger partial charge < -0.3 is 9.47 Å². The van der Waals surface area contributed by atoms with Gasteiger partial charge in [0.1, 0.15) is 5.60 Å². The van der Waals surface area contributed by atoms with E-state index in [2.05, 4.69) is 15.4 Å². The second-order valence-electron chi connectivity index (χ2n) is 4.83. The largest absolute Gasteiger partial charge is 0.461 e. The lowest BCUT2D eigenvalue weighted by atomic mass is 10.1. The maximum Gasteiger partial charge on any atom is 0.359 e. The molecule has 1 rings (SSSR count). The number of hydrogen-bond donors (Lipinski definition) is 0. The summed E-state index contributed by atoms with van der Waals surface area (Å²) in [7, 11) is 0. The molecule has 0 atom stereocenters. The molecule has 0 aromatic carbocycles. The highest BCUT2D eigenvalue weighted by Gasteiger charge is 2.25. The Balaban J connectivity index is 3.07. The van der Waals surface area contributed by atoms with Gasteiger partial charge in [0.25, 0.3) is 0 Å². The third-order valence-corrected chi connectivity index (χ3v) is 2.06. The molecule has 0 radical (unpaired) electrons. The van der Waals surface area contributed by atoms with Crippen molar-refractivity contribution in [3.05, 3.63) is 17.0 Å². The van der Waals surface area contributed by atoms with E-state index in [4.69, 9.17) is 9.47 Å². The van der Waals surface area contributed by atoms with Crippen LogP contribution in [0.4, 0.5) is 0 Å². The monoisotopic (exact) mass is 267 g/mol. The smallest absolute Gasteiger partial charge is 0.359 e. The lowest BCUT2D eigenvalue weighted by molar-refractivity contribution is 0.00601. The minimum atomic E-state index is -0.654. The van der Waals surface area contributed by atoms with Crippen molar-refractivity contribution in [2.24, 2.45) is 0 Å². The third kappa shape index (κ3) is 3.97. The first-order valence-electron chi connectivity index (χ1n) is 5.86. The predicted molar refractivity (Wildman–Crippen MR) is 65.7 cm³/mol. The van der Waals surface area contributed by atoms with Gasteiger partial charge in [0.2, 0.25) is 0 Å². The summed E-state index contributed by atoms with van der Waals surface area (Å²) in [4.78, 5) is 23.5. The molecule has 19 heavy (non-hydrogen) atoms. The fraction of sp³-hybridized carbons (Fsp3) is 0.583. The number of carbonyl (C=O) groups excluding carboxylic acids is 2. The van der Waals surface area contributed by atoms with Gasteiger partial charge in [-0.1, -0.05) is 0 Å². The maximum absolute atomic E-state index is 11.9. The molecule has 7 heteroatoms. The second kappa shape index (κ2) is 5.73. The summed E-state index contributed by atoms with van der Waals surface area (Å²) >= 11 is 0. The lowest BCUT2D eigenvalue weighted by Crippen LogP contribution is -2.26. The molecular weight excluding hydrogens is 250 g/mol. The first-order valence-corrected chi connectivity index (χ1v) is 5.86. The van der Waals surface area contributed by atoms with Gasteiger partial charge in [-0.3, -0.25) is 0 Å². The fourth-order valence-corrected chi connectivity index (χ4v) is 1.29. The molecule has 1 heterocycles. The van der Waals surface area contributed by atoms with Gasteiger partial charge in [-0.15, -0.1) is 10.2 Å². The van der Waals surface area contributed by atoms with Crippen molar-refractivity contribution in [3.8, 4) is 0 Å². The van der Waals surface area contributed by atoms with Crippen molar-refractivity contribution in [1.29, 1.82) is 0 Å². The summed E-state index contributed by atoms with van der Waals surface area (Å²) in [6.45, 7) is 8.65. The number of aromatic nitrogens is 3. The zero-order chi connectivity index (χ0) is 14.6. The van der Waals surface area contributed by atoms with Crippen LogP contribution in [0.3, 0.4) is 0 Å². The van der Waals surface area contributed by atoms with Crippen molar-refractivity contribution >= 4 is 11.9 Å². The number of ether oxygens (including phenoxy) is 2. The number of rotatable bonds is 3. The molecule has 0 aliphatic heterocycles. The van der Waals surface area contributed by atoms with Crippen molar-refractivity contribution < 1.29 is 19.1 Å². The molecule has 1 aromatic heterocycles. The summed E-state index contributed by atoms with van der Waals surface area (Å²) in [5.74, 6) is -1.29. The first-order chi connectivity index (χ1) is 8.76. The molecule has 0 saturated carbocycles. The van der Waals surface area contributed by atoms with E-state index >= 15 is 0 Å². The van der Waals surface area contributed by atoms with Gasteiger partial charge in [0.05, 0.1) is 6.61 Å². The molecule has 0 spiro atoms. The van der Waals surface area contributed by atoms with Crippen LogP contribution in [0.25, 0.3) is 0 Å². The summed E-state index contributed by atoms with van der Waals surface area (Å²) in [5, 5.41) is 10.6. The minimum absolute atomic E-state index is 0.0299. The summed E-state index contributed by atoms with van der Waals surface area (Å²) in [6, 6.07) is 0. The molecule has 1 aromatic rings. The van der Waals surface area contributed by atoms with Gasteiger partial charge in [-0.05, 0) is 39.8 Å². The summed E-state index contributed by atoms with van der Waals surface area (Å²) < 4.78 is 10.0. The Morgan fingerprint density at radius 3 is 2.11 bits per heavy atom. The van der Waals surface area contributed by atoms with Crippen molar-refractivity contribution in [1.82, 2.24) is 15.4 Å². The molecule has 7 nitrogen and oxygen atoms in total. The average Bonchev–Trinajstić information content (AvgIpc) is 2.27. The Morgan fingerprint density at radius 2 is 1.63 bits per heavy atom. The Hall–Kier alpha value is -2.05. The first kappa shape index (κ1) is 15.0. The van der Waals surface area contributed by atoms with Crippen LogP contribution in [0.5, 0.6) is 0 Å². The molecule has 0 bridgehead atoms. The Morgan fingerprint density at radius 1 is 1.11 bits per heavy atom. The molecular formula is C12H17N3O4. The van der Waals surface area contributed by atoms with Crippen molar-refractivity contribution in [2.45, 2.75) is 40.2 Å². The van der Waals surface area contributed by atoms with Crippen LogP contribution >= 0.6 is 0 Å². The predicted octanol–water partition coefficient (Wildman–Crippen LogP) is 1.31. The molecule has 0 aliphatic carbocycles. The van der Waals surface area contributed by atoms with Crippen LogP contribution in [0.15, 0.2) is 0 Å². The van der Waals surface area contributed by atoms with E-state index in [1.165, 1.54) is 0 Å². The van der Waals surface area contributed by atoms with Crippen molar-refractivity contribution in [3.63, 3.8) is 0 Å². The molecule has 0 fully saturated rings. The third-order valence-electron chi connectivity index (χ3n) is 2.06. The van der Waals surface area contributed by atoms with Crippen LogP contribution in [0, 0.1) is 6.92 Å². The second-order valence-corrected chi connectivity index (χ2v) is 4.83. The van der Waals surface area contributed by atoms with E-state index in [0.717, 1.165) is 0 Å². The van der Waals surface area contributed by atoms with Crippen LogP contribution in [-0.4, -0.2) is 39.6 Å². The molecule has 0 saturated heterocycles. The molecule has 104 valence electrons. The summed E-state index contributed by atoms with van der Waals surface area (Å²) in [5.41, 5.74) is -0.424. The van der Waals surface area contributed by atoms with E-state index < -0.39 is 17.5 Å².